The maximum absolute atomic E-state index is 5.37. The Morgan fingerprint density at radius 1 is 1.36 bits per heavy atom. The first kappa shape index (κ1) is 19.8. The molecule has 1 fully saturated rings. The molecule has 2 heterocycles. The van der Waals surface area contributed by atoms with Crippen LogP contribution in [0.25, 0.3) is 0 Å². The van der Waals surface area contributed by atoms with Crippen molar-refractivity contribution in [2.75, 3.05) is 26.2 Å². The van der Waals surface area contributed by atoms with Crippen molar-refractivity contribution in [1.82, 2.24) is 20.7 Å². The molecule has 1 saturated heterocycles. The van der Waals surface area contributed by atoms with E-state index in [9.17, 15) is 0 Å². The third kappa shape index (κ3) is 6.34. The summed E-state index contributed by atoms with van der Waals surface area (Å²) < 4.78 is 5.37. The quantitative estimate of drug-likeness (QED) is 0.585. The van der Waals surface area contributed by atoms with Crippen molar-refractivity contribution < 1.29 is 4.52 Å². The van der Waals surface area contributed by atoms with Crippen LogP contribution in [0.15, 0.2) is 15.6 Å². The molecular weight excluding hydrogens is 314 g/mol. The van der Waals surface area contributed by atoms with Gasteiger partial charge in [-0.3, -0.25) is 0 Å². The summed E-state index contributed by atoms with van der Waals surface area (Å²) in [5.74, 6) is 2.72. The first-order chi connectivity index (χ1) is 12.0. The highest BCUT2D eigenvalue weighted by Crippen LogP contribution is 2.18. The van der Waals surface area contributed by atoms with Gasteiger partial charge in [-0.25, -0.2) is 4.99 Å². The Morgan fingerprint density at radius 2 is 2.16 bits per heavy atom. The second kappa shape index (κ2) is 9.80. The van der Waals surface area contributed by atoms with Crippen molar-refractivity contribution in [3.05, 3.63) is 17.5 Å². The molecule has 0 amide bonds. The minimum atomic E-state index is 0.378. The number of aromatic nitrogens is 1. The van der Waals surface area contributed by atoms with Gasteiger partial charge >= 0.3 is 0 Å². The second-order valence-corrected chi connectivity index (χ2v) is 7.55. The average molecular weight is 350 g/mol. The van der Waals surface area contributed by atoms with Gasteiger partial charge in [0.2, 0.25) is 0 Å². The van der Waals surface area contributed by atoms with Gasteiger partial charge in [0.1, 0.15) is 6.54 Å². The number of nitrogens with one attached hydrogen (secondary N) is 2. The molecule has 6 heteroatoms. The maximum Gasteiger partial charge on any atom is 0.191 e. The van der Waals surface area contributed by atoms with Crippen LogP contribution in [0.2, 0.25) is 0 Å². The zero-order valence-corrected chi connectivity index (χ0v) is 16.5. The average Bonchev–Trinajstić information content (AvgIpc) is 3.07. The molecular formula is C19H35N5O. The molecule has 1 unspecified atom stereocenters. The highest BCUT2D eigenvalue weighted by molar-refractivity contribution is 5.79. The van der Waals surface area contributed by atoms with Crippen LogP contribution < -0.4 is 10.6 Å². The normalized spacial score (nSPS) is 19.6. The summed E-state index contributed by atoms with van der Waals surface area (Å²) in [5, 5.41) is 10.9. The van der Waals surface area contributed by atoms with Crippen LogP contribution in [0.3, 0.4) is 0 Å². The molecule has 1 aromatic heterocycles. The fraction of sp³-hybridized carbons (Fsp3) is 0.789. The van der Waals surface area contributed by atoms with Crippen LogP contribution in [-0.2, 0) is 6.54 Å². The summed E-state index contributed by atoms with van der Waals surface area (Å²) in [5.41, 5.74) is 0.985. The number of aliphatic imine (C=N–C) groups is 1. The Balaban J connectivity index is 1.86. The predicted molar refractivity (Wildman–Crippen MR) is 103 cm³/mol. The van der Waals surface area contributed by atoms with E-state index in [2.05, 4.69) is 60.3 Å². The molecule has 6 nitrogen and oxygen atoms in total. The Kier molecular flexibility index (Phi) is 7.75. The molecule has 2 N–H and O–H groups in total. The first-order valence-electron chi connectivity index (χ1n) is 9.71. The molecule has 0 aliphatic carbocycles. The van der Waals surface area contributed by atoms with E-state index in [1.807, 2.05) is 6.07 Å². The Bertz CT molecular complexity index is 538. The monoisotopic (exact) mass is 349 g/mol. The fourth-order valence-electron chi connectivity index (χ4n) is 3.15. The minimum absolute atomic E-state index is 0.378. The van der Waals surface area contributed by atoms with E-state index in [1.165, 1.54) is 25.9 Å². The lowest BCUT2D eigenvalue weighted by Crippen LogP contribution is -2.46. The van der Waals surface area contributed by atoms with Crippen molar-refractivity contribution in [2.24, 2.45) is 10.9 Å². The van der Waals surface area contributed by atoms with Crippen LogP contribution in [0.4, 0.5) is 0 Å². The molecule has 1 aliphatic rings. The molecule has 142 valence electrons. The number of nitrogens with zero attached hydrogens (tertiary/aromatic N) is 3. The zero-order valence-electron chi connectivity index (χ0n) is 16.5. The smallest absolute Gasteiger partial charge is 0.191 e. The standard InChI is InChI=1S/C19H35N5O/c1-6-20-19(22-12-17-10-18(14(2)3)23-25-17)21-11-16-8-7-9-24(13-16)15(4)5/h10,14-16H,6-9,11-13H2,1-5H3,(H2,20,21,22). The number of guanidine groups is 1. The number of hydrogen-bond donors (Lipinski definition) is 2. The molecule has 0 bridgehead atoms. The summed E-state index contributed by atoms with van der Waals surface area (Å²) in [6.07, 6.45) is 2.57. The number of piperidine rings is 1. The van der Waals surface area contributed by atoms with E-state index in [0.717, 1.165) is 30.5 Å². The maximum atomic E-state index is 5.37. The summed E-state index contributed by atoms with van der Waals surface area (Å²) in [4.78, 5) is 7.21. The van der Waals surface area contributed by atoms with Crippen molar-refractivity contribution in [3.8, 4) is 0 Å². The van der Waals surface area contributed by atoms with E-state index in [-0.39, 0.29) is 0 Å². The third-order valence-electron chi connectivity index (χ3n) is 4.74. The van der Waals surface area contributed by atoms with Gasteiger partial charge in [-0.15, -0.1) is 0 Å². The number of hydrogen-bond acceptors (Lipinski definition) is 4. The number of rotatable bonds is 7. The van der Waals surface area contributed by atoms with Gasteiger partial charge in [-0.1, -0.05) is 19.0 Å². The van der Waals surface area contributed by atoms with Gasteiger partial charge < -0.3 is 20.1 Å². The molecule has 25 heavy (non-hydrogen) atoms. The van der Waals surface area contributed by atoms with Crippen molar-refractivity contribution in [2.45, 2.75) is 66.0 Å². The second-order valence-electron chi connectivity index (χ2n) is 7.55. The lowest BCUT2D eigenvalue weighted by Gasteiger charge is -2.35. The summed E-state index contributed by atoms with van der Waals surface area (Å²) in [6, 6.07) is 2.63. The molecule has 2 rings (SSSR count). The number of likely N-dealkylation sites (tertiary alicyclic amines) is 1. The van der Waals surface area contributed by atoms with Gasteiger partial charge in [0.15, 0.2) is 11.7 Å². The molecule has 0 radical (unpaired) electrons. The molecule has 0 spiro atoms. The SMILES string of the molecule is CCNC(=NCc1cc(C(C)C)no1)NCC1CCCN(C(C)C)C1. The van der Waals surface area contributed by atoms with Crippen LogP contribution in [0.5, 0.6) is 0 Å². The summed E-state index contributed by atoms with van der Waals surface area (Å²) in [7, 11) is 0. The van der Waals surface area contributed by atoms with Crippen molar-refractivity contribution in [3.63, 3.8) is 0 Å². The Labute approximate surface area is 152 Å². The molecule has 0 aromatic carbocycles. The van der Waals surface area contributed by atoms with Crippen LogP contribution in [0, 0.1) is 5.92 Å². The lowest BCUT2D eigenvalue weighted by atomic mass is 9.97. The van der Waals surface area contributed by atoms with Crippen LogP contribution in [0.1, 0.15) is 64.8 Å². The summed E-state index contributed by atoms with van der Waals surface area (Å²) >= 11 is 0. The molecule has 0 saturated carbocycles. The zero-order chi connectivity index (χ0) is 18.2. The van der Waals surface area contributed by atoms with Crippen molar-refractivity contribution >= 4 is 5.96 Å². The summed E-state index contributed by atoms with van der Waals surface area (Å²) in [6.45, 7) is 15.6. The van der Waals surface area contributed by atoms with Gasteiger partial charge in [-0.2, -0.15) is 0 Å². The topological polar surface area (TPSA) is 65.7 Å². The van der Waals surface area contributed by atoms with Gasteiger partial charge in [-0.05, 0) is 52.0 Å². The van der Waals surface area contributed by atoms with Crippen molar-refractivity contribution in [1.29, 1.82) is 0 Å². The lowest BCUT2D eigenvalue weighted by molar-refractivity contribution is 0.141. The highest BCUT2D eigenvalue weighted by Gasteiger charge is 2.21. The molecule has 1 aliphatic heterocycles. The fourth-order valence-corrected chi connectivity index (χ4v) is 3.15. The van der Waals surface area contributed by atoms with E-state index in [1.54, 1.807) is 0 Å². The molecule has 1 aromatic rings. The van der Waals surface area contributed by atoms with Gasteiger partial charge in [0.05, 0.1) is 5.69 Å². The molecule has 1 atom stereocenters. The van der Waals surface area contributed by atoms with Crippen LogP contribution >= 0.6 is 0 Å². The Hall–Kier alpha value is -1.56. The van der Waals surface area contributed by atoms with E-state index in [0.29, 0.717) is 24.4 Å². The highest BCUT2D eigenvalue weighted by atomic mass is 16.5. The van der Waals surface area contributed by atoms with Crippen LogP contribution in [-0.4, -0.2) is 48.2 Å². The van der Waals surface area contributed by atoms with E-state index >= 15 is 0 Å². The largest absolute Gasteiger partial charge is 0.359 e. The Morgan fingerprint density at radius 3 is 2.80 bits per heavy atom. The van der Waals surface area contributed by atoms with Gasteiger partial charge in [0, 0.05) is 31.7 Å². The van der Waals surface area contributed by atoms with E-state index < -0.39 is 0 Å². The minimum Gasteiger partial charge on any atom is -0.359 e. The predicted octanol–water partition coefficient (Wildman–Crippen LogP) is 2.97. The third-order valence-corrected chi connectivity index (χ3v) is 4.74. The first-order valence-corrected chi connectivity index (χ1v) is 9.71. The van der Waals surface area contributed by atoms with E-state index in [4.69, 9.17) is 4.52 Å². The van der Waals surface area contributed by atoms with Gasteiger partial charge in [0.25, 0.3) is 0 Å².